The molecule has 0 aliphatic heterocycles. The third-order valence-electron chi connectivity index (χ3n) is 4.42. The number of carbonyl (C=O) groups excluding carboxylic acids is 1. The molecule has 0 unspecified atom stereocenters. The minimum absolute atomic E-state index is 0.329. The lowest BCUT2D eigenvalue weighted by atomic mass is 10.1. The lowest BCUT2D eigenvalue weighted by Crippen LogP contribution is -2.01. The Morgan fingerprint density at radius 2 is 1.64 bits per heavy atom. The maximum Gasteiger partial charge on any atom is 0.337 e. The number of methoxy groups -OCH3 is 1. The van der Waals surface area contributed by atoms with Gasteiger partial charge in [-0.3, -0.25) is 0 Å². The molecule has 0 bridgehead atoms. The highest BCUT2D eigenvalue weighted by Crippen LogP contribution is 2.33. The second-order valence-electron chi connectivity index (χ2n) is 6.25. The van der Waals surface area contributed by atoms with E-state index in [0.29, 0.717) is 11.3 Å². The molecule has 4 nitrogen and oxygen atoms in total. The average molecular weight is 386 g/mol. The topological polar surface area (TPSA) is 52.1 Å². The monoisotopic (exact) mass is 386 g/mol. The first-order chi connectivity index (χ1) is 13.8. The van der Waals surface area contributed by atoms with Gasteiger partial charge in [-0.1, -0.05) is 78.5 Å². The predicted molar refractivity (Wildman–Crippen MR) is 112 cm³/mol. The van der Waals surface area contributed by atoms with E-state index in [2.05, 4.69) is 22.3 Å². The molecule has 0 saturated heterocycles. The van der Waals surface area contributed by atoms with E-state index in [1.54, 1.807) is 17.8 Å². The van der Waals surface area contributed by atoms with Gasteiger partial charge >= 0.3 is 5.97 Å². The minimum Gasteiger partial charge on any atom is -0.465 e. The highest BCUT2D eigenvalue weighted by Gasteiger charge is 2.12. The number of thioether (sulfide) groups is 1. The van der Waals surface area contributed by atoms with E-state index in [9.17, 15) is 4.79 Å². The number of hydrogen-bond donors (Lipinski definition) is 0. The molecule has 0 spiro atoms. The van der Waals surface area contributed by atoms with E-state index >= 15 is 0 Å². The van der Waals surface area contributed by atoms with Gasteiger partial charge in [0.25, 0.3) is 0 Å². The number of nitrogens with zero attached hydrogens (tertiary/aromatic N) is 2. The van der Waals surface area contributed by atoms with Gasteiger partial charge in [-0.2, -0.15) is 0 Å². The van der Waals surface area contributed by atoms with Crippen LogP contribution in [-0.4, -0.2) is 23.3 Å². The SMILES string of the molecule is COC(=O)c1cccc(CSc2nnc(-c3ccccc3)c3ccccc23)c1. The van der Waals surface area contributed by atoms with Crippen LogP contribution in [0.1, 0.15) is 15.9 Å². The Kier molecular flexibility index (Phi) is 5.35. The summed E-state index contributed by atoms with van der Waals surface area (Å²) in [7, 11) is 1.39. The second-order valence-corrected chi connectivity index (χ2v) is 7.21. The van der Waals surface area contributed by atoms with Crippen LogP contribution in [0.3, 0.4) is 0 Å². The summed E-state index contributed by atoms with van der Waals surface area (Å²) in [5.74, 6) is 0.359. The Morgan fingerprint density at radius 3 is 2.43 bits per heavy atom. The van der Waals surface area contributed by atoms with E-state index in [-0.39, 0.29) is 5.97 Å². The van der Waals surface area contributed by atoms with E-state index < -0.39 is 0 Å². The third kappa shape index (κ3) is 3.75. The Balaban J connectivity index is 1.65. The molecule has 0 aliphatic carbocycles. The summed E-state index contributed by atoms with van der Waals surface area (Å²) >= 11 is 1.61. The summed E-state index contributed by atoms with van der Waals surface area (Å²) in [5.41, 5.74) is 3.52. The molecule has 4 rings (SSSR count). The van der Waals surface area contributed by atoms with Crippen molar-refractivity contribution >= 4 is 28.5 Å². The summed E-state index contributed by atoms with van der Waals surface area (Å²) in [6, 6.07) is 25.7. The van der Waals surface area contributed by atoms with Crippen LogP contribution in [0, 0.1) is 0 Å². The lowest BCUT2D eigenvalue weighted by molar-refractivity contribution is 0.0600. The Morgan fingerprint density at radius 1 is 0.893 bits per heavy atom. The molecular formula is C23H18N2O2S. The molecule has 5 heteroatoms. The first-order valence-corrected chi connectivity index (χ1v) is 9.86. The van der Waals surface area contributed by atoms with Crippen molar-refractivity contribution in [2.75, 3.05) is 7.11 Å². The molecule has 138 valence electrons. The van der Waals surface area contributed by atoms with Crippen molar-refractivity contribution in [2.45, 2.75) is 10.8 Å². The van der Waals surface area contributed by atoms with Gasteiger partial charge in [0, 0.05) is 22.1 Å². The van der Waals surface area contributed by atoms with Crippen LogP contribution in [0.4, 0.5) is 0 Å². The highest BCUT2D eigenvalue weighted by molar-refractivity contribution is 7.98. The van der Waals surface area contributed by atoms with Gasteiger partial charge in [-0.05, 0) is 17.7 Å². The normalized spacial score (nSPS) is 10.8. The van der Waals surface area contributed by atoms with Crippen molar-refractivity contribution in [1.29, 1.82) is 0 Å². The zero-order valence-electron chi connectivity index (χ0n) is 15.3. The first-order valence-electron chi connectivity index (χ1n) is 8.87. The summed E-state index contributed by atoms with van der Waals surface area (Å²) < 4.78 is 4.80. The molecule has 0 N–H and O–H groups in total. The molecule has 0 aliphatic rings. The molecule has 0 saturated carbocycles. The van der Waals surface area contributed by atoms with Crippen molar-refractivity contribution < 1.29 is 9.53 Å². The summed E-state index contributed by atoms with van der Waals surface area (Å²) in [5, 5.41) is 12.0. The van der Waals surface area contributed by atoms with Gasteiger partial charge in [0.15, 0.2) is 0 Å². The molecule has 0 atom stereocenters. The van der Waals surface area contributed by atoms with E-state index in [0.717, 1.165) is 32.6 Å². The van der Waals surface area contributed by atoms with Gasteiger partial charge in [0.05, 0.1) is 12.7 Å². The van der Waals surface area contributed by atoms with Crippen LogP contribution in [-0.2, 0) is 10.5 Å². The molecule has 0 amide bonds. The Labute approximate surface area is 167 Å². The number of hydrogen-bond acceptors (Lipinski definition) is 5. The zero-order valence-corrected chi connectivity index (χ0v) is 16.1. The number of benzene rings is 3. The fraction of sp³-hybridized carbons (Fsp3) is 0.0870. The van der Waals surface area contributed by atoms with Crippen LogP contribution in [0.25, 0.3) is 22.0 Å². The van der Waals surface area contributed by atoms with Gasteiger partial charge in [-0.15, -0.1) is 10.2 Å². The molecule has 28 heavy (non-hydrogen) atoms. The largest absolute Gasteiger partial charge is 0.465 e. The molecular weight excluding hydrogens is 368 g/mol. The van der Waals surface area contributed by atoms with Crippen molar-refractivity contribution in [2.24, 2.45) is 0 Å². The molecule has 1 aromatic heterocycles. The quantitative estimate of drug-likeness (QED) is 0.341. The maximum atomic E-state index is 11.7. The summed E-state index contributed by atoms with van der Waals surface area (Å²) in [4.78, 5) is 11.7. The lowest BCUT2D eigenvalue weighted by Gasteiger charge is -2.09. The minimum atomic E-state index is -0.329. The van der Waals surface area contributed by atoms with Gasteiger partial charge in [0.2, 0.25) is 0 Å². The van der Waals surface area contributed by atoms with Crippen molar-refractivity contribution in [3.8, 4) is 11.3 Å². The summed E-state index contributed by atoms with van der Waals surface area (Å²) in [6.07, 6.45) is 0. The smallest absolute Gasteiger partial charge is 0.337 e. The molecule has 4 aromatic rings. The van der Waals surface area contributed by atoms with Gasteiger partial charge < -0.3 is 4.74 Å². The van der Waals surface area contributed by atoms with Crippen LogP contribution in [0.15, 0.2) is 83.9 Å². The zero-order chi connectivity index (χ0) is 19.3. The number of aromatic nitrogens is 2. The van der Waals surface area contributed by atoms with Crippen molar-refractivity contribution in [3.63, 3.8) is 0 Å². The fourth-order valence-corrected chi connectivity index (χ4v) is 3.97. The maximum absolute atomic E-state index is 11.7. The number of rotatable bonds is 5. The van der Waals surface area contributed by atoms with Crippen LogP contribution >= 0.6 is 11.8 Å². The summed E-state index contributed by atoms with van der Waals surface area (Å²) in [6.45, 7) is 0. The van der Waals surface area contributed by atoms with Gasteiger partial charge in [0.1, 0.15) is 10.7 Å². The Hall–Kier alpha value is -3.18. The molecule has 3 aromatic carbocycles. The third-order valence-corrected chi connectivity index (χ3v) is 5.48. The molecule has 0 fully saturated rings. The van der Waals surface area contributed by atoms with Gasteiger partial charge in [-0.25, -0.2) is 4.79 Å². The number of ether oxygens (including phenoxy) is 1. The number of esters is 1. The van der Waals surface area contributed by atoms with Crippen molar-refractivity contribution in [1.82, 2.24) is 10.2 Å². The van der Waals surface area contributed by atoms with E-state index in [1.807, 2.05) is 60.7 Å². The predicted octanol–water partition coefficient (Wildman–Crippen LogP) is 5.38. The number of fused-ring (bicyclic) bond motifs is 1. The van der Waals surface area contributed by atoms with E-state index in [1.165, 1.54) is 7.11 Å². The second kappa shape index (κ2) is 8.23. The fourth-order valence-electron chi connectivity index (χ4n) is 3.05. The highest BCUT2D eigenvalue weighted by atomic mass is 32.2. The van der Waals surface area contributed by atoms with Crippen LogP contribution < -0.4 is 0 Å². The average Bonchev–Trinajstić information content (AvgIpc) is 2.77. The number of carbonyl (C=O) groups is 1. The van der Waals surface area contributed by atoms with E-state index in [4.69, 9.17) is 4.74 Å². The Bertz CT molecular complexity index is 1130. The first kappa shape index (κ1) is 18.2. The van der Waals surface area contributed by atoms with Crippen LogP contribution in [0.5, 0.6) is 0 Å². The standard InChI is InChI=1S/C23H18N2O2S/c1-27-23(26)18-11-7-8-16(14-18)15-28-22-20-13-6-5-12-19(20)21(24-25-22)17-9-3-2-4-10-17/h2-14H,15H2,1H3. The molecule has 1 heterocycles. The van der Waals surface area contributed by atoms with Crippen LogP contribution in [0.2, 0.25) is 0 Å². The van der Waals surface area contributed by atoms with Crippen molar-refractivity contribution in [3.05, 3.63) is 90.0 Å². The molecule has 0 radical (unpaired) electrons.